The molecule has 1 aliphatic rings. The van der Waals surface area contributed by atoms with Crippen molar-refractivity contribution in [1.82, 2.24) is 15.1 Å². The fraction of sp³-hybridized carbons (Fsp3) is 0.471. The second-order valence-corrected chi connectivity index (χ2v) is 5.63. The lowest BCUT2D eigenvalue weighted by atomic mass is 9.94. The molecule has 0 radical (unpaired) electrons. The molecule has 0 spiro atoms. The fourth-order valence-electron chi connectivity index (χ4n) is 3.14. The number of aromatic nitrogens is 2. The van der Waals surface area contributed by atoms with E-state index in [-0.39, 0.29) is 0 Å². The van der Waals surface area contributed by atoms with Gasteiger partial charge in [-0.15, -0.1) is 0 Å². The lowest BCUT2D eigenvalue weighted by Crippen LogP contribution is -2.27. The molecule has 1 aliphatic heterocycles. The van der Waals surface area contributed by atoms with Gasteiger partial charge in [0.15, 0.2) is 0 Å². The second-order valence-electron chi connectivity index (χ2n) is 5.63. The number of aryl methyl sites for hydroxylation is 2. The summed E-state index contributed by atoms with van der Waals surface area (Å²) in [4.78, 5) is 0. The van der Waals surface area contributed by atoms with Crippen molar-refractivity contribution < 1.29 is 0 Å². The van der Waals surface area contributed by atoms with Gasteiger partial charge in [0, 0.05) is 11.6 Å². The molecule has 2 heterocycles. The summed E-state index contributed by atoms with van der Waals surface area (Å²) in [6.45, 7) is 6.53. The van der Waals surface area contributed by atoms with Gasteiger partial charge in [-0.05, 0) is 57.0 Å². The Morgan fingerprint density at radius 2 is 2.00 bits per heavy atom. The highest BCUT2D eigenvalue weighted by molar-refractivity contribution is 5.42. The normalized spacial score (nSPS) is 16.5. The summed E-state index contributed by atoms with van der Waals surface area (Å²) in [5.74, 6) is 0.627. The van der Waals surface area contributed by atoms with Crippen molar-refractivity contribution in [1.29, 1.82) is 0 Å². The molecular formula is C17H23N3. The van der Waals surface area contributed by atoms with Crippen molar-refractivity contribution in [3.8, 4) is 5.69 Å². The smallest absolute Gasteiger partial charge is 0.0680 e. The van der Waals surface area contributed by atoms with Crippen LogP contribution in [0.4, 0.5) is 0 Å². The van der Waals surface area contributed by atoms with E-state index in [2.05, 4.69) is 54.2 Å². The number of rotatable bonds is 3. The molecule has 0 unspecified atom stereocenters. The van der Waals surface area contributed by atoms with Gasteiger partial charge in [0.1, 0.15) is 0 Å². The average molecular weight is 269 g/mol. The lowest BCUT2D eigenvalue weighted by Gasteiger charge is -2.24. The van der Waals surface area contributed by atoms with Crippen LogP contribution in [0.25, 0.3) is 5.69 Å². The van der Waals surface area contributed by atoms with Crippen molar-refractivity contribution in [2.24, 2.45) is 0 Å². The zero-order valence-electron chi connectivity index (χ0n) is 12.4. The van der Waals surface area contributed by atoms with E-state index in [4.69, 9.17) is 5.10 Å². The van der Waals surface area contributed by atoms with Crippen LogP contribution in [0.5, 0.6) is 0 Å². The first-order valence-electron chi connectivity index (χ1n) is 7.65. The van der Waals surface area contributed by atoms with Crippen LogP contribution in [0, 0.1) is 6.92 Å². The third-order valence-electron chi connectivity index (χ3n) is 4.22. The van der Waals surface area contributed by atoms with E-state index in [1.54, 1.807) is 0 Å². The fourth-order valence-corrected chi connectivity index (χ4v) is 3.14. The van der Waals surface area contributed by atoms with Crippen molar-refractivity contribution >= 4 is 0 Å². The maximum Gasteiger partial charge on any atom is 0.0680 e. The average Bonchev–Trinajstić information content (AvgIpc) is 2.90. The molecule has 0 bridgehead atoms. The molecule has 0 aliphatic carbocycles. The molecule has 1 fully saturated rings. The standard InChI is InChI=1S/C17H23N3/c1-3-14-6-4-5-7-16(14)20-17(12-13(2)19-20)15-8-10-18-11-9-15/h4-7,12,15,18H,3,8-11H2,1-2H3. The van der Waals surface area contributed by atoms with Gasteiger partial charge in [-0.2, -0.15) is 5.10 Å². The topological polar surface area (TPSA) is 29.9 Å². The molecule has 106 valence electrons. The Labute approximate surface area is 121 Å². The van der Waals surface area contributed by atoms with Gasteiger partial charge in [0.25, 0.3) is 0 Å². The minimum absolute atomic E-state index is 0.627. The maximum absolute atomic E-state index is 4.76. The van der Waals surface area contributed by atoms with Crippen LogP contribution in [-0.2, 0) is 6.42 Å². The number of benzene rings is 1. The van der Waals surface area contributed by atoms with E-state index in [9.17, 15) is 0 Å². The van der Waals surface area contributed by atoms with Crippen LogP contribution >= 0.6 is 0 Å². The minimum Gasteiger partial charge on any atom is -0.317 e. The van der Waals surface area contributed by atoms with Gasteiger partial charge >= 0.3 is 0 Å². The van der Waals surface area contributed by atoms with Gasteiger partial charge in [-0.3, -0.25) is 0 Å². The number of hydrogen-bond acceptors (Lipinski definition) is 2. The first-order chi connectivity index (χ1) is 9.79. The Morgan fingerprint density at radius 1 is 1.25 bits per heavy atom. The quantitative estimate of drug-likeness (QED) is 0.927. The summed E-state index contributed by atoms with van der Waals surface area (Å²) >= 11 is 0. The summed E-state index contributed by atoms with van der Waals surface area (Å²) in [5.41, 5.74) is 5.11. The van der Waals surface area contributed by atoms with Crippen LogP contribution in [0.15, 0.2) is 30.3 Å². The molecule has 1 aromatic carbocycles. The number of nitrogens with one attached hydrogen (secondary N) is 1. The zero-order chi connectivity index (χ0) is 13.9. The first-order valence-corrected chi connectivity index (χ1v) is 7.65. The zero-order valence-corrected chi connectivity index (χ0v) is 12.4. The number of nitrogens with zero attached hydrogens (tertiary/aromatic N) is 2. The van der Waals surface area contributed by atoms with Crippen LogP contribution in [0.3, 0.4) is 0 Å². The molecule has 1 aromatic heterocycles. The molecule has 3 rings (SSSR count). The van der Waals surface area contributed by atoms with Crippen molar-refractivity contribution in [2.45, 2.75) is 39.0 Å². The summed E-state index contributed by atoms with van der Waals surface area (Å²) in [5, 5.41) is 8.20. The third kappa shape index (κ3) is 2.50. The highest BCUT2D eigenvalue weighted by Gasteiger charge is 2.21. The number of para-hydroxylation sites is 1. The summed E-state index contributed by atoms with van der Waals surface area (Å²) in [6, 6.07) is 10.9. The molecule has 2 aromatic rings. The molecule has 3 nitrogen and oxygen atoms in total. The van der Waals surface area contributed by atoms with E-state index in [1.165, 1.54) is 29.8 Å². The maximum atomic E-state index is 4.76. The molecule has 20 heavy (non-hydrogen) atoms. The lowest BCUT2D eigenvalue weighted by molar-refractivity contribution is 0.446. The highest BCUT2D eigenvalue weighted by atomic mass is 15.3. The third-order valence-corrected chi connectivity index (χ3v) is 4.22. The Balaban J connectivity index is 2.04. The van der Waals surface area contributed by atoms with Gasteiger partial charge < -0.3 is 5.32 Å². The van der Waals surface area contributed by atoms with E-state index in [0.29, 0.717) is 5.92 Å². The summed E-state index contributed by atoms with van der Waals surface area (Å²) in [6.07, 6.45) is 3.46. The molecule has 1 N–H and O–H groups in total. The predicted octanol–water partition coefficient (Wildman–Crippen LogP) is 3.21. The van der Waals surface area contributed by atoms with Crippen molar-refractivity contribution in [2.75, 3.05) is 13.1 Å². The summed E-state index contributed by atoms with van der Waals surface area (Å²) in [7, 11) is 0. The minimum atomic E-state index is 0.627. The van der Waals surface area contributed by atoms with Crippen LogP contribution in [0.2, 0.25) is 0 Å². The van der Waals surface area contributed by atoms with Crippen molar-refractivity contribution in [3.63, 3.8) is 0 Å². The highest BCUT2D eigenvalue weighted by Crippen LogP contribution is 2.29. The Hall–Kier alpha value is -1.61. The predicted molar refractivity (Wildman–Crippen MR) is 82.5 cm³/mol. The second kappa shape index (κ2) is 5.80. The molecular weight excluding hydrogens is 246 g/mol. The molecule has 3 heteroatoms. The van der Waals surface area contributed by atoms with Crippen LogP contribution in [0.1, 0.15) is 42.6 Å². The SMILES string of the molecule is CCc1ccccc1-n1nc(C)cc1C1CCNCC1. The first kappa shape index (κ1) is 13.4. The van der Waals surface area contributed by atoms with E-state index in [1.807, 2.05) is 0 Å². The Morgan fingerprint density at radius 3 is 2.75 bits per heavy atom. The monoisotopic (exact) mass is 269 g/mol. The van der Waals surface area contributed by atoms with E-state index < -0.39 is 0 Å². The molecule has 1 saturated heterocycles. The molecule has 0 saturated carbocycles. The summed E-state index contributed by atoms with van der Waals surface area (Å²) < 4.78 is 2.18. The molecule has 0 atom stereocenters. The Bertz CT molecular complexity index is 580. The van der Waals surface area contributed by atoms with Gasteiger partial charge in [0.05, 0.1) is 11.4 Å². The molecule has 0 amide bonds. The van der Waals surface area contributed by atoms with Gasteiger partial charge in [-0.1, -0.05) is 25.1 Å². The largest absolute Gasteiger partial charge is 0.317 e. The van der Waals surface area contributed by atoms with Gasteiger partial charge in [-0.25, -0.2) is 4.68 Å². The van der Waals surface area contributed by atoms with Crippen molar-refractivity contribution in [3.05, 3.63) is 47.3 Å². The van der Waals surface area contributed by atoms with E-state index in [0.717, 1.165) is 25.2 Å². The Kier molecular flexibility index (Phi) is 3.88. The number of hydrogen-bond donors (Lipinski definition) is 1. The van der Waals surface area contributed by atoms with E-state index >= 15 is 0 Å². The van der Waals surface area contributed by atoms with Gasteiger partial charge in [0.2, 0.25) is 0 Å². The van der Waals surface area contributed by atoms with Crippen LogP contribution in [-0.4, -0.2) is 22.9 Å². The number of piperidine rings is 1. The van der Waals surface area contributed by atoms with Crippen LogP contribution < -0.4 is 5.32 Å².